The monoisotopic (exact) mass is 416 g/mol. The third-order valence-corrected chi connectivity index (χ3v) is 5.61. The number of carboxylic acids is 1. The van der Waals surface area contributed by atoms with Gasteiger partial charge in [0.2, 0.25) is 0 Å². The highest BCUT2D eigenvalue weighted by atomic mass is 32.2. The topological polar surface area (TPSA) is 107 Å². The van der Waals surface area contributed by atoms with Gasteiger partial charge in [-0.15, -0.1) is 0 Å². The summed E-state index contributed by atoms with van der Waals surface area (Å²) in [5.41, 5.74) is 1.37. The van der Waals surface area contributed by atoms with E-state index in [1.807, 2.05) is 0 Å². The van der Waals surface area contributed by atoms with Crippen LogP contribution in [-0.2, 0) is 24.2 Å². The molecule has 0 fully saturated rings. The number of rotatable bonds is 6. The summed E-state index contributed by atoms with van der Waals surface area (Å²) in [6, 6.07) is 12.8. The molecule has 0 saturated heterocycles. The summed E-state index contributed by atoms with van der Waals surface area (Å²) in [5.74, 6) is -1.21. The first kappa shape index (κ1) is 20.6. The molecule has 1 heterocycles. The predicted molar refractivity (Wildman–Crippen MR) is 106 cm³/mol. The first-order valence-corrected chi connectivity index (χ1v) is 10.6. The van der Waals surface area contributed by atoms with Crippen molar-refractivity contribution in [2.45, 2.75) is 24.3 Å². The van der Waals surface area contributed by atoms with Gasteiger partial charge >= 0.3 is 11.9 Å². The number of hydrogen-bond donors (Lipinski definition) is 1. The van der Waals surface area contributed by atoms with Crippen molar-refractivity contribution >= 4 is 32.9 Å². The van der Waals surface area contributed by atoms with Crippen LogP contribution in [0.4, 0.5) is 0 Å². The first-order chi connectivity index (χ1) is 13.5. The van der Waals surface area contributed by atoms with Gasteiger partial charge in [0.1, 0.15) is 11.4 Å². The van der Waals surface area contributed by atoms with Gasteiger partial charge in [-0.05, 0) is 49.2 Å². The molecule has 0 spiro atoms. The number of carboxylic acid groups (broad SMARTS) is 1. The lowest BCUT2D eigenvalue weighted by atomic mass is 9.87. The summed E-state index contributed by atoms with van der Waals surface area (Å²) in [4.78, 5) is 23.4. The number of ether oxygens (including phenoxy) is 2. The Bertz CT molecular complexity index is 1090. The highest BCUT2D eigenvalue weighted by molar-refractivity contribution is 7.90. The fourth-order valence-electron chi connectivity index (χ4n) is 3.22. The van der Waals surface area contributed by atoms with Gasteiger partial charge in [-0.25, -0.2) is 18.0 Å². The van der Waals surface area contributed by atoms with E-state index < -0.39 is 34.0 Å². The molecule has 0 aliphatic carbocycles. The highest BCUT2D eigenvalue weighted by Crippen LogP contribution is 2.44. The number of sulfone groups is 1. The molecule has 152 valence electrons. The fraction of sp³-hybridized carbons (Fsp3) is 0.238. The minimum atomic E-state index is -3.33. The van der Waals surface area contributed by atoms with Crippen molar-refractivity contribution in [3.05, 3.63) is 59.7 Å². The Morgan fingerprint density at radius 1 is 1.03 bits per heavy atom. The standard InChI is InChI=1S/C21H20O7S/c1-21(2)19(14-6-10-16(11-7-14)29(3,25)26)18(20(24)28-21)13-4-8-15(9-5-13)27-12-17(22)23/h4-11H,12H2,1-3H3,(H,22,23). The minimum Gasteiger partial charge on any atom is -0.482 e. The number of hydrogen-bond acceptors (Lipinski definition) is 6. The van der Waals surface area contributed by atoms with Crippen LogP contribution < -0.4 is 4.74 Å². The van der Waals surface area contributed by atoms with Crippen molar-refractivity contribution in [2.75, 3.05) is 12.9 Å². The van der Waals surface area contributed by atoms with Gasteiger partial charge in [0, 0.05) is 11.8 Å². The van der Waals surface area contributed by atoms with Gasteiger partial charge in [-0.2, -0.15) is 0 Å². The number of cyclic esters (lactones) is 1. The summed E-state index contributed by atoms with van der Waals surface area (Å²) in [5, 5.41) is 8.69. The van der Waals surface area contributed by atoms with Crippen LogP contribution >= 0.6 is 0 Å². The van der Waals surface area contributed by atoms with E-state index in [9.17, 15) is 18.0 Å². The number of esters is 1. The lowest BCUT2D eigenvalue weighted by Gasteiger charge is -2.21. The SMILES string of the molecule is CC1(C)OC(=O)C(c2ccc(OCC(=O)O)cc2)=C1c1ccc(S(C)(=O)=O)cc1. The van der Waals surface area contributed by atoms with Gasteiger partial charge in [0.15, 0.2) is 16.4 Å². The van der Waals surface area contributed by atoms with Crippen molar-refractivity contribution in [3.8, 4) is 5.75 Å². The molecule has 2 aromatic rings. The Balaban J connectivity index is 2.05. The molecule has 0 radical (unpaired) electrons. The van der Waals surface area contributed by atoms with E-state index >= 15 is 0 Å². The molecule has 0 aromatic heterocycles. The van der Waals surface area contributed by atoms with Crippen LogP contribution in [0.3, 0.4) is 0 Å². The lowest BCUT2D eigenvalue weighted by Crippen LogP contribution is -2.22. The molecule has 8 heteroatoms. The molecule has 2 aromatic carbocycles. The molecule has 1 N–H and O–H groups in total. The van der Waals surface area contributed by atoms with Gasteiger partial charge in [-0.1, -0.05) is 24.3 Å². The second kappa shape index (κ2) is 7.36. The van der Waals surface area contributed by atoms with E-state index in [4.69, 9.17) is 14.6 Å². The Hall–Kier alpha value is -3.13. The molecule has 1 aliphatic heterocycles. The molecule has 0 amide bonds. The van der Waals surface area contributed by atoms with Crippen molar-refractivity contribution in [1.29, 1.82) is 0 Å². The van der Waals surface area contributed by atoms with Crippen LogP contribution in [0.1, 0.15) is 25.0 Å². The van der Waals surface area contributed by atoms with E-state index in [0.717, 1.165) is 6.26 Å². The fourth-order valence-corrected chi connectivity index (χ4v) is 3.85. The zero-order valence-corrected chi connectivity index (χ0v) is 16.9. The smallest absolute Gasteiger partial charge is 0.341 e. The maximum Gasteiger partial charge on any atom is 0.341 e. The molecule has 7 nitrogen and oxygen atoms in total. The zero-order valence-electron chi connectivity index (χ0n) is 16.1. The minimum absolute atomic E-state index is 0.186. The Kier molecular flexibility index (Phi) is 5.23. The van der Waals surface area contributed by atoms with Crippen molar-refractivity contribution in [1.82, 2.24) is 0 Å². The van der Waals surface area contributed by atoms with E-state index in [0.29, 0.717) is 28.0 Å². The van der Waals surface area contributed by atoms with Gasteiger partial charge < -0.3 is 14.6 Å². The molecule has 0 bridgehead atoms. The van der Waals surface area contributed by atoms with Crippen LogP contribution in [-0.4, -0.2) is 43.9 Å². The van der Waals surface area contributed by atoms with E-state index in [1.54, 1.807) is 50.2 Å². The maximum atomic E-state index is 12.6. The third kappa shape index (κ3) is 4.32. The summed E-state index contributed by atoms with van der Waals surface area (Å²) in [7, 11) is -3.33. The number of benzene rings is 2. The Morgan fingerprint density at radius 2 is 1.59 bits per heavy atom. The maximum absolute atomic E-state index is 12.6. The molecule has 29 heavy (non-hydrogen) atoms. The van der Waals surface area contributed by atoms with Crippen LogP contribution in [0.15, 0.2) is 53.4 Å². The molecule has 0 atom stereocenters. The molecular weight excluding hydrogens is 396 g/mol. The largest absolute Gasteiger partial charge is 0.482 e. The van der Waals surface area contributed by atoms with E-state index in [2.05, 4.69) is 0 Å². The van der Waals surface area contributed by atoms with Crippen LogP contribution in [0, 0.1) is 0 Å². The van der Waals surface area contributed by atoms with Crippen molar-refractivity contribution in [2.24, 2.45) is 0 Å². The highest BCUT2D eigenvalue weighted by Gasteiger charge is 2.41. The predicted octanol–water partition coefficient (Wildman–Crippen LogP) is 2.80. The molecule has 1 aliphatic rings. The number of carbonyl (C=O) groups excluding carboxylic acids is 1. The van der Waals surface area contributed by atoms with Crippen molar-refractivity contribution < 1.29 is 32.6 Å². The summed E-state index contributed by atoms with van der Waals surface area (Å²) in [6.07, 6.45) is 1.13. The second-order valence-electron chi connectivity index (χ2n) is 7.15. The normalized spacial score (nSPS) is 15.9. The van der Waals surface area contributed by atoms with Crippen LogP contribution in [0.2, 0.25) is 0 Å². The number of carbonyl (C=O) groups is 2. The zero-order chi connectivity index (χ0) is 21.4. The van der Waals surface area contributed by atoms with Gasteiger partial charge in [0.25, 0.3) is 0 Å². The summed E-state index contributed by atoms with van der Waals surface area (Å²) >= 11 is 0. The Morgan fingerprint density at radius 3 is 2.10 bits per heavy atom. The van der Waals surface area contributed by atoms with Crippen LogP contribution in [0.5, 0.6) is 5.75 Å². The first-order valence-electron chi connectivity index (χ1n) is 8.72. The molecule has 0 saturated carbocycles. The molecule has 0 unspecified atom stereocenters. The van der Waals surface area contributed by atoms with E-state index in [-0.39, 0.29) is 4.90 Å². The summed E-state index contributed by atoms with van der Waals surface area (Å²) in [6.45, 7) is 3.07. The summed E-state index contributed by atoms with van der Waals surface area (Å²) < 4.78 is 34.1. The average molecular weight is 416 g/mol. The molecule has 3 rings (SSSR count). The molecular formula is C21H20O7S. The van der Waals surface area contributed by atoms with E-state index in [1.165, 1.54) is 12.1 Å². The van der Waals surface area contributed by atoms with Gasteiger partial charge in [-0.3, -0.25) is 0 Å². The van der Waals surface area contributed by atoms with Gasteiger partial charge in [0.05, 0.1) is 10.5 Å². The number of aliphatic carboxylic acids is 1. The quantitative estimate of drug-likeness (QED) is 0.722. The third-order valence-electron chi connectivity index (χ3n) is 4.48. The lowest BCUT2D eigenvalue weighted by molar-refractivity contribution is -0.142. The average Bonchev–Trinajstić information content (AvgIpc) is 2.88. The van der Waals surface area contributed by atoms with Crippen LogP contribution in [0.25, 0.3) is 11.1 Å². The second-order valence-corrected chi connectivity index (χ2v) is 9.17. The Labute approximate surface area is 168 Å². The van der Waals surface area contributed by atoms with Crippen molar-refractivity contribution in [3.63, 3.8) is 0 Å².